The average molecular weight is 575 g/mol. The largest absolute Gasteiger partial charge is 0.475 e. The fourth-order valence-electron chi connectivity index (χ4n) is 4.05. The van der Waals surface area contributed by atoms with Gasteiger partial charge in [0, 0.05) is 34.2 Å². The number of hydrogen-bond acceptors (Lipinski definition) is 10. The van der Waals surface area contributed by atoms with E-state index in [0.717, 1.165) is 5.56 Å². The molecule has 0 radical (unpaired) electrons. The molecule has 3 aromatic heterocycles. The normalized spacial score (nSPS) is 15.9. The highest BCUT2D eigenvalue weighted by Crippen LogP contribution is 2.41. The summed E-state index contributed by atoms with van der Waals surface area (Å²) in [6.45, 7) is 12.1. The Hall–Kier alpha value is -4.13. The maximum absolute atomic E-state index is 10.1. The summed E-state index contributed by atoms with van der Waals surface area (Å²) in [4.78, 5) is 16.8. The molecule has 1 saturated heterocycles. The van der Waals surface area contributed by atoms with Crippen LogP contribution in [0.2, 0.25) is 5.02 Å². The summed E-state index contributed by atoms with van der Waals surface area (Å²) in [6.07, 6.45) is 2.88. The Morgan fingerprint density at radius 2 is 2.00 bits per heavy atom. The Labute approximate surface area is 239 Å². The molecule has 1 atom stereocenters. The number of halogens is 1. The first-order valence-electron chi connectivity index (χ1n) is 12.1. The van der Waals surface area contributed by atoms with Gasteiger partial charge < -0.3 is 24.4 Å². The molecule has 10 nitrogen and oxygen atoms in total. The highest BCUT2D eigenvalue weighted by Gasteiger charge is 2.33. The van der Waals surface area contributed by atoms with Crippen LogP contribution in [0, 0.1) is 17.9 Å². The standard InChI is InChI=1S/C28H23ClN6O4S/c1-28(2)38-14-20(39-28)13-36-22-9-6-17(11-33-22)23-21(10-30)27(35-25(31)24(23)32-3)40-15-19-12-37-26(34-19)16-4-7-18(29)8-5-16/h4-9,11-12,20H,13-15H2,1-2H3,(H2,31,35)/t20-/m1/s1. The van der Waals surface area contributed by atoms with Crippen molar-refractivity contribution in [1.29, 1.82) is 5.26 Å². The van der Waals surface area contributed by atoms with E-state index >= 15 is 0 Å². The third kappa shape index (κ3) is 6.03. The second kappa shape index (κ2) is 11.5. The smallest absolute Gasteiger partial charge is 0.237 e. The van der Waals surface area contributed by atoms with E-state index in [1.165, 1.54) is 11.8 Å². The Bertz CT molecular complexity index is 1610. The fraction of sp³-hybridized carbons (Fsp3) is 0.250. The molecular formula is C28H23ClN6O4S. The van der Waals surface area contributed by atoms with Crippen LogP contribution in [-0.4, -0.2) is 40.1 Å². The first-order valence-corrected chi connectivity index (χ1v) is 13.5. The molecule has 1 fully saturated rings. The van der Waals surface area contributed by atoms with Crippen LogP contribution in [-0.2, 0) is 15.2 Å². The average Bonchev–Trinajstić information content (AvgIpc) is 3.56. The number of aromatic nitrogens is 3. The van der Waals surface area contributed by atoms with E-state index in [0.29, 0.717) is 51.0 Å². The van der Waals surface area contributed by atoms with Gasteiger partial charge in [-0.3, -0.25) is 0 Å². The number of nitrogen functional groups attached to an aromatic ring is 1. The van der Waals surface area contributed by atoms with Gasteiger partial charge in [0.1, 0.15) is 35.9 Å². The van der Waals surface area contributed by atoms with E-state index in [2.05, 4.69) is 25.9 Å². The molecule has 0 bridgehead atoms. The molecule has 0 amide bonds. The highest BCUT2D eigenvalue weighted by atomic mass is 35.5. The minimum absolute atomic E-state index is 0.0230. The number of benzene rings is 1. The lowest BCUT2D eigenvalue weighted by molar-refractivity contribution is -0.141. The zero-order valence-corrected chi connectivity index (χ0v) is 23.1. The van der Waals surface area contributed by atoms with Crippen LogP contribution in [0.3, 0.4) is 0 Å². The van der Waals surface area contributed by atoms with E-state index in [4.69, 9.17) is 42.5 Å². The number of hydrogen-bond donors (Lipinski definition) is 1. The maximum Gasteiger partial charge on any atom is 0.237 e. The van der Waals surface area contributed by atoms with Gasteiger partial charge in [-0.1, -0.05) is 23.4 Å². The molecule has 1 aromatic carbocycles. The van der Waals surface area contributed by atoms with Gasteiger partial charge in [-0.25, -0.2) is 19.8 Å². The van der Waals surface area contributed by atoms with Gasteiger partial charge in [0.15, 0.2) is 5.79 Å². The van der Waals surface area contributed by atoms with Crippen LogP contribution in [0.5, 0.6) is 5.88 Å². The number of nitrogens with zero attached hydrogens (tertiary/aromatic N) is 5. The molecule has 12 heteroatoms. The van der Waals surface area contributed by atoms with Crippen LogP contribution in [0.1, 0.15) is 25.1 Å². The first kappa shape index (κ1) is 27.4. The van der Waals surface area contributed by atoms with E-state index < -0.39 is 5.79 Å². The van der Waals surface area contributed by atoms with Gasteiger partial charge in [0.05, 0.1) is 24.4 Å². The van der Waals surface area contributed by atoms with E-state index in [9.17, 15) is 5.26 Å². The quantitative estimate of drug-likeness (QED) is 0.189. The summed E-state index contributed by atoms with van der Waals surface area (Å²) >= 11 is 7.23. The molecule has 4 heterocycles. The summed E-state index contributed by atoms with van der Waals surface area (Å²) in [5, 5.41) is 11.1. The van der Waals surface area contributed by atoms with Crippen molar-refractivity contribution in [2.24, 2.45) is 0 Å². The minimum Gasteiger partial charge on any atom is -0.475 e. The predicted molar refractivity (Wildman–Crippen MR) is 150 cm³/mol. The summed E-state index contributed by atoms with van der Waals surface area (Å²) in [5.41, 5.74) is 8.81. The molecule has 4 aromatic rings. The number of rotatable bonds is 8. The number of ether oxygens (including phenoxy) is 3. The lowest BCUT2D eigenvalue weighted by Crippen LogP contribution is -2.25. The van der Waals surface area contributed by atoms with Crippen molar-refractivity contribution in [1.82, 2.24) is 15.0 Å². The van der Waals surface area contributed by atoms with Crippen LogP contribution in [0.4, 0.5) is 11.5 Å². The SMILES string of the molecule is [C-]#[N+]c1c(N)nc(SCc2coc(-c3ccc(Cl)cc3)n2)c(C#N)c1-c1ccc(OC[C@@H]2COC(C)(C)O2)nc1. The number of thioether (sulfide) groups is 1. The number of nitrogens with two attached hydrogens (primary N) is 1. The fourth-order valence-corrected chi connectivity index (χ4v) is 5.05. The zero-order valence-electron chi connectivity index (χ0n) is 21.6. The molecule has 5 rings (SSSR count). The van der Waals surface area contributed by atoms with Crippen LogP contribution in [0.25, 0.3) is 27.4 Å². The number of pyridine rings is 2. The zero-order chi connectivity index (χ0) is 28.3. The second-order valence-electron chi connectivity index (χ2n) is 9.21. The summed E-state index contributed by atoms with van der Waals surface area (Å²) in [7, 11) is 0. The Morgan fingerprint density at radius 1 is 1.23 bits per heavy atom. The van der Waals surface area contributed by atoms with Gasteiger partial charge in [-0.05, 0) is 49.7 Å². The number of oxazole rings is 1. The lowest BCUT2D eigenvalue weighted by Gasteiger charge is -2.17. The molecular weight excluding hydrogens is 552 g/mol. The van der Waals surface area contributed by atoms with Gasteiger partial charge >= 0.3 is 0 Å². The Balaban J connectivity index is 1.35. The molecule has 1 aliphatic rings. The number of nitriles is 1. The topological polar surface area (TPSA) is 134 Å². The highest BCUT2D eigenvalue weighted by molar-refractivity contribution is 7.98. The first-order chi connectivity index (χ1) is 19.3. The van der Waals surface area contributed by atoms with E-state index in [-0.39, 0.29) is 29.8 Å². The van der Waals surface area contributed by atoms with Crippen LogP contribution in [0.15, 0.2) is 58.3 Å². The van der Waals surface area contributed by atoms with Crippen LogP contribution >= 0.6 is 23.4 Å². The molecule has 0 spiro atoms. The molecule has 0 saturated carbocycles. The van der Waals surface area contributed by atoms with Crippen molar-refractivity contribution < 1.29 is 18.6 Å². The molecule has 0 unspecified atom stereocenters. The summed E-state index contributed by atoms with van der Waals surface area (Å²) < 4.78 is 22.7. The van der Waals surface area contributed by atoms with Crippen molar-refractivity contribution >= 4 is 34.9 Å². The van der Waals surface area contributed by atoms with Crippen molar-refractivity contribution in [2.45, 2.75) is 36.5 Å². The Kier molecular flexibility index (Phi) is 7.92. The third-order valence-electron chi connectivity index (χ3n) is 5.90. The van der Waals surface area contributed by atoms with Crippen molar-refractivity contribution in [3.05, 3.63) is 76.6 Å². The van der Waals surface area contributed by atoms with Crippen molar-refractivity contribution in [3.8, 4) is 34.5 Å². The minimum atomic E-state index is -0.640. The number of anilines is 1. The van der Waals surface area contributed by atoms with Gasteiger partial charge in [-0.2, -0.15) is 5.26 Å². The molecule has 0 aliphatic carbocycles. The van der Waals surface area contributed by atoms with Crippen molar-refractivity contribution in [3.63, 3.8) is 0 Å². The van der Waals surface area contributed by atoms with Crippen LogP contribution < -0.4 is 10.5 Å². The molecule has 1 aliphatic heterocycles. The molecule has 40 heavy (non-hydrogen) atoms. The molecule has 202 valence electrons. The van der Waals surface area contributed by atoms with Gasteiger partial charge in [0.2, 0.25) is 17.5 Å². The van der Waals surface area contributed by atoms with E-state index in [1.54, 1.807) is 36.7 Å². The third-order valence-corrected chi connectivity index (χ3v) is 7.16. The summed E-state index contributed by atoms with van der Waals surface area (Å²) in [5.74, 6) is 0.574. The monoisotopic (exact) mass is 574 g/mol. The lowest BCUT2D eigenvalue weighted by atomic mass is 10.0. The predicted octanol–water partition coefficient (Wildman–Crippen LogP) is 6.28. The van der Waals surface area contributed by atoms with Crippen molar-refractivity contribution in [2.75, 3.05) is 18.9 Å². The van der Waals surface area contributed by atoms with E-state index in [1.807, 2.05) is 26.0 Å². The molecule has 2 N–H and O–H groups in total. The van der Waals surface area contributed by atoms with Gasteiger partial charge in [0.25, 0.3) is 0 Å². The maximum atomic E-state index is 10.1. The van der Waals surface area contributed by atoms with Gasteiger partial charge in [-0.15, -0.1) is 0 Å². The second-order valence-corrected chi connectivity index (χ2v) is 10.6. The summed E-state index contributed by atoms with van der Waals surface area (Å²) in [6, 6.07) is 12.7. The Morgan fingerprint density at radius 3 is 2.65 bits per heavy atom.